The van der Waals surface area contributed by atoms with Gasteiger partial charge in [-0.1, -0.05) is 6.92 Å². The second-order valence-corrected chi connectivity index (χ2v) is 4.64. The Morgan fingerprint density at radius 1 is 1.30 bits per heavy atom. The van der Waals surface area contributed by atoms with Crippen LogP contribution in [0.4, 0.5) is 0 Å². The van der Waals surface area contributed by atoms with E-state index in [4.69, 9.17) is 0 Å². The Kier molecular flexibility index (Phi) is 4.64. The molecule has 0 unspecified atom stereocenters. The molecular weight excluding hydrogens is 150 g/mol. The largest absolute Gasteiger partial charge is 0.316 e. The molecule has 0 atom stereocenters. The zero-order chi connectivity index (χ0) is 8.04. The summed E-state index contributed by atoms with van der Waals surface area (Å²) in [5, 5.41) is 3.01. The van der Waals surface area contributed by atoms with E-state index in [0.29, 0.717) is 6.54 Å². The summed E-state index contributed by atoms with van der Waals surface area (Å²) < 4.78 is 21.1. The summed E-state index contributed by atoms with van der Waals surface area (Å²) in [5.74, 6) is 0.243. The minimum atomic E-state index is -2.77. The SMILES string of the molecule is CCCNCCS(C)(=O)=O. The molecule has 62 valence electrons. The standard InChI is InChI=1S/C6H15NO2S/c1-3-4-7-5-6-10(2,8)9/h7H,3-6H2,1-2H3. The molecule has 0 saturated heterocycles. The smallest absolute Gasteiger partial charge is 0.148 e. The van der Waals surface area contributed by atoms with Gasteiger partial charge in [0.15, 0.2) is 0 Å². The van der Waals surface area contributed by atoms with Gasteiger partial charge in [0.1, 0.15) is 9.84 Å². The van der Waals surface area contributed by atoms with Crippen LogP contribution in [-0.2, 0) is 9.84 Å². The molecule has 0 aromatic carbocycles. The lowest BCUT2D eigenvalue weighted by Gasteiger charge is -1.99. The summed E-state index contributed by atoms with van der Waals surface area (Å²) in [7, 11) is -2.77. The molecule has 0 fully saturated rings. The quantitative estimate of drug-likeness (QED) is 0.585. The van der Waals surface area contributed by atoms with Crippen LogP contribution in [0.15, 0.2) is 0 Å². The van der Waals surface area contributed by atoms with Gasteiger partial charge in [-0.3, -0.25) is 0 Å². The Hall–Kier alpha value is -0.0900. The molecule has 0 saturated carbocycles. The van der Waals surface area contributed by atoms with Crippen molar-refractivity contribution in [1.82, 2.24) is 5.32 Å². The van der Waals surface area contributed by atoms with Crippen molar-refractivity contribution in [3.63, 3.8) is 0 Å². The van der Waals surface area contributed by atoms with Gasteiger partial charge >= 0.3 is 0 Å². The molecule has 4 heteroatoms. The molecule has 0 aliphatic heterocycles. The second-order valence-electron chi connectivity index (χ2n) is 2.38. The molecule has 0 spiro atoms. The molecular formula is C6H15NO2S. The van der Waals surface area contributed by atoms with Crippen LogP contribution in [0.5, 0.6) is 0 Å². The van der Waals surface area contributed by atoms with Gasteiger partial charge in [0.05, 0.1) is 5.75 Å². The summed E-state index contributed by atoms with van der Waals surface area (Å²) >= 11 is 0. The van der Waals surface area contributed by atoms with E-state index in [2.05, 4.69) is 5.32 Å². The number of hydrogen-bond acceptors (Lipinski definition) is 3. The Morgan fingerprint density at radius 2 is 1.90 bits per heavy atom. The maximum absolute atomic E-state index is 10.6. The summed E-state index contributed by atoms with van der Waals surface area (Å²) in [6.45, 7) is 3.52. The van der Waals surface area contributed by atoms with E-state index in [-0.39, 0.29) is 5.75 Å². The van der Waals surface area contributed by atoms with Crippen molar-refractivity contribution in [2.24, 2.45) is 0 Å². The highest BCUT2D eigenvalue weighted by molar-refractivity contribution is 7.90. The summed E-state index contributed by atoms with van der Waals surface area (Å²) in [5.41, 5.74) is 0. The van der Waals surface area contributed by atoms with Gasteiger partial charge in [0.25, 0.3) is 0 Å². The van der Waals surface area contributed by atoms with E-state index in [1.165, 1.54) is 6.26 Å². The lowest BCUT2D eigenvalue weighted by molar-refractivity contribution is 0.596. The Morgan fingerprint density at radius 3 is 2.30 bits per heavy atom. The van der Waals surface area contributed by atoms with Crippen LogP contribution in [0.3, 0.4) is 0 Å². The van der Waals surface area contributed by atoms with Crippen molar-refractivity contribution < 1.29 is 8.42 Å². The van der Waals surface area contributed by atoms with Crippen LogP contribution in [0, 0.1) is 0 Å². The van der Waals surface area contributed by atoms with E-state index >= 15 is 0 Å². The van der Waals surface area contributed by atoms with Gasteiger partial charge in [-0.25, -0.2) is 8.42 Å². The highest BCUT2D eigenvalue weighted by Gasteiger charge is 1.98. The van der Waals surface area contributed by atoms with Crippen molar-refractivity contribution >= 4 is 9.84 Å². The van der Waals surface area contributed by atoms with Crippen molar-refractivity contribution in [2.75, 3.05) is 25.1 Å². The first kappa shape index (κ1) is 9.91. The maximum Gasteiger partial charge on any atom is 0.148 e. The Bertz CT molecular complexity index is 163. The van der Waals surface area contributed by atoms with Crippen LogP contribution in [-0.4, -0.2) is 33.5 Å². The molecule has 0 aromatic heterocycles. The lowest BCUT2D eigenvalue weighted by atomic mass is 10.5. The van der Waals surface area contributed by atoms with Gasteiger partial charge < -0.3 is 5.32 Å². The normalized spacial score (nSPS) is 11.8. The second kappa shape index (κ2) is 4.68. The molecule has 0 bridgehead atoms. The summed E-state index contributed by atoms with van der Waals surface area (Å²) in [6, 6.07) is 0. The first-order chi connectivity index (χ1) is 4.56. The van der Waals surface area contributed by atoms with Gasteiger partial charge in [0.2, 0.25) is 0 Å². The summed E-state index contributed by atoms with van der Waals surface area (Å²) in [6.07, 6.45) is 2.30. The molecule has 1 N–H and O–H groups in total. The first-order valence-corrected chi connectivity index (χ1v) is 5.50. The molecule has 0 aromatic rings. The highest BCUT2D eigenvalue weighted by Crippen LogP contribution is 1.79. The van der Waals surface area contributed by atoms with Gasteiger partial charge in [-0.2, -0.15) is 0 Å². The molecule has 0 heterocycles. The van der Waals surface area contributed by atoms with E-state index in [9.17, 15) is 8.42 Å². The fourth-order valence-electron chi connectivity index (χ4n) is 0.559. The van der Waals surface area contributed by atoms with Gasteiger partial charge in [-0.05, 0) is 13.0 Å². The van der Waals surface area contributed by atoms with Gasteiger partial charge in [0, 0.05) is 12.8 Å². The predicted molar refractivity (Wildman–Crippen MR) is 42.9 cm³/mol. The monoisotopic (exact) mass is 165 g/mol. The van der Waals surface area contributed by atoms with Crippen molar-refractivity contribution in [2.45, 2.75) is 13.3 Å². The van der Waals surface area contributed by atoms with E-state index in [1.54, 1.807) is 0 Å². The molecule has 3 nitrogen and oxygen atoms in total. The zero-order valence-corrected chi connectivity index (χ0v) is 7.37. The predicted octanol–water partition coefficient (Wildman–Crippen LogP) is 0.0306. The third kappa shape index (κ3) is 7.91. The topological polar surface area (TPSA) is 46.2 Å². The highest BCUT2D eigenvalue weighted by atomic mass is 32.2. The van der Waals surface area contributed by atoms with Crippen LogP contribution in [0.25, 0.3) is 0 Å². The number of rotatable bonds is 5. The molecule has 0 aliphatic rings. The third-order valence-electron chi connectivity index (χ3n) is 1.08. The van der Waals surface area contributed by atoms with Crippen molar-refractivity contribution in [1.29, 1.82) is 0 Å². The fourth-order valence-corrected chi connectivity index (χ4v) is 1.07. The average molecular weight is 165 g/mol. The van der Waals surface area contributed by atoms with Crippen LogP contribution in [0.2, 0.25) is 0 Å². The third-order valence-corrected chi connectivity index (χ3v) is 2.02. The number of nitrogens with one attached hydrogen (secondary N) is 1. The lowest BCUT2D eigenvalue weighted by Crippen LogP contribution is -2.22. The van der Waals surface area contributed by atoms with Crippen molar-refractivity contribution in [3.8, 4) is 0 Å². The van der Waals surface area contributed by atoms with Crippen molar-refractivity contribution in [3.05, 3.63) is 0 Å². The first-order valence-electron chi connectivity index (χ1n) is 3.44. The van der Waals surface area contributed by atoms with Crippen LogP contribution in [0.1, 0.15) is 13.3 Å². The maximum atomic E-state index is 10.6. The zero-order valence-electron chi connectivity index (χ0n) is 6.55. The molecule has 0 aliphatic carbocycles. The van der Waals surface area contributed by atoms with E-state index in [1.807, 2.05) is 6.92 Å². The van der Waals surface area contributed by atoms with Crippen LogP contribution < -0.4 is 5.32 Å². The van der Waals surface area contributed by atoms with Gasteiger partial charge in [-0.15, -0.1) is 0 Å². The molecule has 0 rings (SSSR count). The number of hydrogen-bond donors (Lipinski definition) is 1. The molecule has 0 radical (unpaired) electrons. The Balaban J connectivity index is 3.21. The minimum absolute atomic E-state index is 0.243. The fraction of sp³-hybridized carbons (Fsp3) is 1.00. The number of sulfone groups is 1. The molecule has 10 heavy (non-hydrogen) atoms. The minimum Gasteiger partial charge on any atom is -0.316 e. The van der Waals surface area contributed by atoms with E-state index in [0.717, 1.165) is 13.0 Å². The Labute approximate surface area is 62.7 Å². The van der Waals surface area contributed by atoms with Crippen LogP contribution >= 0.6 is 0 Å². The summed E-state index contributed by atoms with van der Waals surface area (Å²) in [4.78, 5) is 0. The average Bonchev–Trinajstić information content (AvgIpc) is 1.78. The molecule has 0 amide bonds. The van der Waals surface area contributed by atoms with E-state index < -0.39 is 9.84 Å².